The number of rotatable bonds is 6. The van der Waals surface area contributed by atoms with Crippen molar-refractivity contribution in [3.63, 3.8) is 0 Å². The van der Waals surface area contributed by atoms with E-state index < -0.39 is 0 Å². The number of aromatic nitrogens is 5. The molecule has 0 radical (unpaired) electrons. The van der Waals surface area contributed by atoms with E-state index in [0.29, 0.717) is 24.0 Å². The van der Waals surface area contributed by atoms with Crippen molar-refractivity contribution < 1.29 is 0 Å². The largest absolute Gasteiger partial charge is 0.330 e. The van der Waals surface area contributed by atoms with Crippen molar-refractivity contribution >= 4 is 0 Å². The van der Waals surface area contributed by atoms with Crippen molar-refractivity contribution in [1.29, 1.82) is 0 Å². The van der Waals surface area contributed by atoms with Gasteiger partial charge < -0.3 is 9.88 Å². The minimum atomic E-state index is 0.450. The zero-order valence-corrected chi connectivity index (χ0v) is 15.7. The van der Waals surface area contributed by atoms with Crippen LogP contribution in [0.1, 0.15) is 45.6 Å². The summed E-state index contributed by atoms with van der Waals surface area (Å²) < 4.78 is 4.23. The summed E-state index contributed by atoms with van der Waals surface area (Å²) in [7, 11) is 0. The molecule has 2 unspecified atom stereocenters. The van der Waals surface area contributed by atoms with E-state index in [2.05, 4.69) is 62.3 Å². The van der Waals surface area contributed by atoms with E-state index in [1.807, 2.05) is 10.9 Å². The Balaban J connectivity index is 1.38. The summed E-state index contributed by atoms with van der Waals surface area (Å²) >= 11 is 0. The molecule has 2 atom stereocenters. The predicted octanol–water partition coefficient (Wildman–Crippen LogP) is 1.35. The Morgan fingerprint density at radius 1 is 1.15 bits per heavy atom. The second kappa shape index (κ2) is 7.85. The molecule has 0 bridgehead atoms. The van der Waals surface area contributed by atoms with Gasteiger partial charge in [-0.1, -0.05) is 5.21 Å². The van der Waals surface area contributed by atoms with E-state index in [0.717, 1.165) is 50.4 Å². The highest BCUT2D eigenvalue weighted by Crippen LogP contribution is 2.23. The molecular weight excluding hydrogens is 328 g/mol. The Morgan fingerprint density at radius 3 is 2.69 bits per heavy atom. The Labute approximate surface area is 154 Å². The zero-order valence-electron chi connectivity index (χ0n) is 15.7. The lowest BCUT2D eigenvalue weighted by Gasteiger charge is -2.22. The van der Waals surface area contributed by atoms with Gasteiger partial charge >= 0.3 is 0 Å². The van der Waals surface area contributed by atoms with Crippen LogP contribution < -0.4 is 16.2 Å². The normalized spacial score (nSPS) is 27.2. The highest BCUT2D eigenvalue weighted by Gasteiger charge is 2.29. The average molecular weight is 358 g/mol. The van der Waals surface area contributed by atoms with Gasteiger partial charge in [-0.05, 0) is 58.5 Å². The second-order valence-electron chi connectivity index (χ2n) is 7.68. The summed E-state index contributed by atoms with van der Waals surface area (Å²) in [6.07, 6.45) is 10.5. The lowest BCUT2D eigenvalue weighted by molar-refractivity contribution is 0.337. The van der Waals surface area contributed by atoms with E-state index in [1.54, 1.807) is 0 Å². The summed E-state index contributed by atoms with van der Waals surface area (Å²) in [5.74, 6) is 1.59. The van der Waals surface area contributed by atoms with Gasteiger partial charge in [0.25, 0.3) is 0 Å². The molecular formula is C18H30N8. The van der Waals surface area contributed by atoms with Crippen LogP contribution in [-0.2, 0) is 6.54 Å². The van der Waals surface area contributed by atoms with Crippen LogP contribution in [0.15, 0.2) is 18.6 Å². The highest BCUT2D eigenvalue weighted by molar-refractivity contribution is 5.47. The first kappa shape index (κ1) is 17.6. The molecule has 2 aliphatic heterocycles. The van der Waals surface area contributed by atoms with Gasteiger partial charge in [0, 0.05) is 31.0 Å². The zero-order chi connectivity index (χ0) is 17.9. The predicted molar refractivity (Wildman–Crippen MR) is 100 cm³/mol. The van der Waals surface area contributed by atoms with Crippen LogP contribution in [0.2, 0.25) is 0 Å². The fourth-order valence-corrected chi connectivity index (χ4v) is 4.26. The van der Waals surface area contributed by atoms with Crippen LogP contribution in [-0.4, -0.2) is 49.7 Å². The maximum atomic E-state index is 4.54. The Bertz CT molecular complexity index is 692. The fourth-order valence-electron chi connectivity index (χ4n) is 4.26. The number of hydrogen-bond acceptors (Lipinski definition) is 6. The Kier molecular flexibility index (Phi) is 5.33. The van der Waals surface area contributed by atoms with E-state index in [4.69, 9.17) is 0 Å². The van der Waals surface area contributed by atoms with Crippen LogP contribution in [0, 0.1) is 5.92 Å². The number of nitrogens with one attached hydrogen (secondary N) is 3. The molecule has 2 aliphatic rings. The van der Waals surface area contributed by atoms with Crippen LogP contribution in [0.4, 0.5) is 0 Å². The van der Waals surface area contributed by atoms with Crippen molar-refractivity contribution in [2.24, 2.45) is 5.92 Å². The van der Waals surface area contributed by atoms with Gasteiger partial charge in [0.05, 0.1) is 12.2 Å². The van der Waals surface area contributed by atoms with Crippen molar-refractivity contribution in [2.45, 2.75) is 64.2 Å². The Hall–Kier alpha value is -1.77. The standard InChI is InChI=1S/C18H30N8/c1-13-16(14(2)22-21-13)4-3-10-25-11-9-20-18(25)17-12-26(24-23-17)15-5-7-19-8-6-15/h9,11-16,19,21-22H,3-8,10H2,1-2H3. The van der Waals surface area contributed by atoms with Gasteiger partial charge in [0.2, 0.25) is 0 Å². The first-order valence-corrected chi connectivity index (χ1v) is 9.87. The smallest absolute Gasteiger partial charge is 0.162 e. The molecule has 26 heavy (non-hydrogen) atoms. The number of imidazole rings is 1. The fraction of sp³-hybridized carbons (Fsp3) is 0.722. The van der Waals surface area contributed by atoms with Crippen molar-refractivity contribution in [2.75, 3.05) is 13.1 Å². The monoisotopic (exact) mass is 358 g/mol. The average Bonchev–Trinajstić information content (AvgIpc) is 3.38. The van der Waals surface area contributed by atoms with Crippen LogP contribution in [0.3, 0.4) is 0 Å². The maximum absolute atomic E-state index is 4.54. The molecule has 0 spiro atoms. The maximum Gasteiger partial charge on any atom is 0.162 e. The topological polar surface area (TPSA) is 84.6 Å². The molecule has 2 aromatic heterocycles. The van der Waals surface area contributed by atoms with E-state index in [-0.39, 0.29) is 0 Å². The molecule has 0 aliphatic carbocycles. The quantitative estimate of drug-likeness (QED) is 0.723. The third-order valence-electron chi connectivity index (χ3n) is 5.90. The van der Waals surface area contributed by atoms with E-state index in [1.165, 1.54) is 6.42 Å². The molecule has 3 N–H and O–H groups in total. The van der Waals surface area contributed by atoms with Gasteiger partial charge in [0.1, 0.15) is 5.69 Å². The summed E-state index contributed by atoms with van der Waals surface area (Å²) in [6, 6.07) is 1.50. The van der Waals surface area contributed by atoms with E-state index in [9.17, 15) is 0 Å². The summed E-state index contributed by atoms with van der Waals surface area (Å²) in [5.41, 5.74) is 7.55. The van der Waals surface area contributed by atoms with Crippen molar-refractivity contribution in [3.8, 4) is 11.5 Å². The van der Waals surface area contributed by atoms with Gasteiger partial charge in [-0.3, -0.25) is 10.9 Å². The summed E-state index contributed by atoms with van der Waals surface area (Å²) in [4.78, 5) is 4.54. The second-order valence-corrected chi connectivity index (χ2v) is 7.68. The molecule has 0 saturated carbocycles. The first-order valence-electron chi connectivity index (χ1n) is 9.87. The lowest BCUT2D eigenvalue weighted by Crippen LogP contribution is -2.30. The summed E-state index contributed by atoms with van der Waals surface area (Å²) in [5, 5.41) is 12.2. The SMILES string of the molecule is CC1NNC(C)C1CCCn1ccnc1-c1cn(C2CCNCC2)nn1. The van der Waals surface area contributed by atoms with Crippen LogP contribution >= 0.6 is 0 Å². The van der Waals surface area contributed by atoms with Gasteiger partial charge in [-0.25, -0.2) is 9.67 Å². The Morgan fingerprint density at radius 2 is 1.92 bits per heavy atom. The van der Waals surface area contributed by atoms with Gasteiger partial charge in [0.15, 0.2) is 5.82 Å². The number of aryl methyl sites for hydroxylation is 1. The minimum Gasteiger partial charge on any atom is -0.330 e. The summed E-state index contributed by atoms with van der Waals surface area (Å²) in [6.45, 7) is 7.57. The molecule has 142 valence electrons. The molecule has 2 fully saturated rings. The first-order chi connectivity index (χ1) is 12.7. The third-order valence-corrected chi connectivity index (χ3v) is 5.90. The molecule has 0 amide bonds. The van der Waals surface area contributed by atoms with Crippen molar-refractivity contribution in [1.82, 2.24) is 40.7 Å². The lowest BCUT2D eigenvalue weighted by atomic mass is 9.92. The highest BCUT2D eigenvalue weighted by atomic mass is 15.4. The van der Waals surface area contributed by atoms with Crippen molar-refractivity contribution in [3.05, 3.63) is 18.6 Å². The molecule has 4 rings (SSSR count). The number of hydrogen-bond donors (Lipinski definition) is 3. The van der Waals surface area contributed by atoms with Gasteiger partial charge in [-0.2, -0.15) is 0 Å². The van der Waals surface area contributed by atoms with Crippen LogP contribution in [0.5, 0.6) is 0 Å². The number of piperidine rings is 1. The molecule has 4 heterocycles. The minimum absolute atomic E-state index is 0.450. The molecule has 2 aromatic rings. The molecule has 2 saturated heterocycles. The van der Waals surface area contributed by atoms with Gasteiger partial charge in [-0.15, -0.1) is 5.10 Å². The number of hydrazine groups is 1. The third kappa shape index (κ3) is 3.67. The van der Waals surface area contributed by atoms with Crippen LogP contribution in [0.25, 0.3) is 11.5 Å². The molecule has 8 heteroatoms. The molecule has 8 nitrogen and oxygen atoms in total. The van der Waals surface area contributed by atoms with E-state index >= 15 is 0 Å². The number of nitrogens with zero attached hydrogens (tertiary/aromatic N) is 5. The molecule has 0 aromatic carbocycles.